The van der Waals surface area contributed by atoms with E-state index in [0.717, 1.165) is 5.92 Å². The maximum Gasteiger partial charge on any atom is 1.00 e. The normalized spacial score (nSPS) is 15.3. The van der Waals surface area contributed by atoms with E-state index in [9.17, 15) is 0 Å². The third-order valence-electron chi connectivity index (χ3n) is 1.52. The second kappa shape index (κ2) is 5.17. The van der Waals surface area contributed by atoms with Crippen LogP contribution in [0.2, 0.25) is 0 Å². The molecule has 0 fully saturated rings. The van der Waals surface area contributed by atoms with Gasteiger partial charge in [-0.15, -0.1) is 0 Å². The van der Waals surface area contributed by atoms with Gasteiger partial charge < -0.3 is 1.43 Å². The first-order valence-electron chi connectivity index (χ1n) is 3.63. The van der Waals surface area contributed by atoms with E-state index >= 15 is 0 Å². The van der Waals surface area contributed by atoms with E-state index in [0.29, 0.717) is 0 Å². The molecule has 0 aromatic rings. The molecule has 0 aliphatic heterocycles. The van der Waals surface area contributed by atoms with E-state index in [1.54, 1.807) is 5.57 Å². The third-order valence-corrected chi connectivity index (χ3v) is 1.52. The van der Waals surface area contributed by atoms with Crippen LogP contribution in [0.5, 0.6) is 0 Å². The Balaban J connectivity index is 0. The van der Waals surface area contributed by atoms with E-state index < -0.39 is 0 Å². The SMILES string of the molecule is CC(C)CC1=CC=CC1.[H-].[Na+]. The summed E-state index contributed by atoms with van der Waals surface area (Å²) >= 11 is 0. The van der Waals surface area contributed by atoms with Crippen LogP contribution in [0.25, 0.3) is 0 Å². The van der Waals surface area contributed by atoms with Crippen molar-refractivity contribution in [3.05, 3.63) is 23.8 Å². The summed E-state index contributed by atoms with van der Waals surface area (Å²) in [6, 6.07) is 0. The van der Waals surface area contributed by atoms with Crippen LogP contribution < -0.4 is 29.6 Å². The fraction of sp³-hybridized carbons (Fsp3) is 0.556. The zero-order valence-corrected chi connectivity index (χ0v) is 9.22. The Morgan fingerprint density at radius 2 is 2.30 bits per heavy atom. The molecule has 0 amide bonds. The Morgan fingerprint density at radius 3 is 2.70 bits per heavy atom. The maximum absolute atomic E-state index is 2.26. The summed E-state index contributed by atoms with van der Waals surface area (Å²) in [5.74, 6) is 0.816. The molecule has 0 nitrogen and oxygen atoms in total. The van der Waals surface area contributed by atoms with Gasteiger partial charge in [0.25, 0.3) is 0 Å². The predicted octanol–water partition coefficient (Wildman–Crippen LogP) is 0.0353. The zero-order chi connectivity index (χ0) is 6.69. The Morgan fingerprint density at radius 1 is 1.60 bits per heavy atom. The van der Waals surface area contributed by atoms with E-state index in [4.69, 9.17) is 0 Å². The van der Waals surface area contributed by atoms with Gasteiger partial charge in [0.1, 0.15) is 0 Å². The molecule has 0 atom stereocenters. The quantitative estimate of drug-likeness (QED) is 0.482. The Hall–Kier alpha value is 0.480. The van der Waals surface area contributed by atoms with Gasteiger partial charge in [0, 0.05) is 0 Å². The summed E-state index contributed by atoms with van der Waals surface area (Å²) in [5, 5.41) is 0. The van der Waals surface area contributed by atoms with Gasteiger partial charge in [0.15, 0.2) is 0 Å². The molecule has 1 aliphatic rings. The fourth-order valence-electron chi connectivity index (χ4n) is 1.17. The van der Waals surface area contributed by atoms with Crippen molar-refractivity contribution < 1.29 is 31.0 Å². The van der Waals surface area contributed by atoms with Gasteiger partial charge >= 0.3 is 29.6 Å². The van der Waals surface area contributed by atoms with Crippen LogP contribution in [0.1, 0.15) is 28.1 Å². The largest absolute Gasteiger partial charge is 1.00 e. The average Bonchev–Trinajstić information content (AvgIpc) is 2.15. The molecule has 0 bridgehead atoms. The van der Waals surface area contributed by atoms with Gasteiger partial charge in [-0.2, -0.15) is 0 Å². The van der Waals surface area contributed by atoms with E-state index in [-0.39, 0.29) is 31.0 Å². The molecule has 0 unspecified atom stereocenters. The van der Waals surface area contributed by atoms with Crippen molar-refractivity contribution in [3.63, 3.8) is 0 Å². The summed E-state index contributed by atoms with van der Waals surface area (Å²) in [6.45, 7) is 4.53. The number of hydrogen-bond donors (Lipinski definition) is 0. The molecular weight excluding hydrogens is 131 g/mol. The molecule has 0 N–H and O–H groups in total. The monoisotopic (exact) mass is 146 g/mol. The summed E-state index contributed by atoms with van der Waals surface area (Å²) < 4.78 is 0. The molecule has 0 saturated carbocycles. The van der Waals surface area contributed by atoms with Gasteiger partial charge in [-0.3, -0.25) is 0 Å². The van der Waals surface area contributed by atoms with Gasteiger partial charge in [0.2, 0.25) is 0 Å². The first kappa shape index (κ1) is 10.5. The van der Waals surface area contributed by atoms with Crippen LogP contribution >= 0.6 is 0 Å². The first-order chi connectivity index (χ1) is 4.29. The van der Waals surface area contributed by atoms with Gasteiger partial charge in [-0.25, -0.2) is 0 Å². The maximum atomic E-state index is 2.26. The van der Waals surface area contributed by atoms with Crippen LogP contribution in [0.4, 0.5) is 0 Å². The second-order valence-electron chi connectivity index (χ2n) is 3.06. The van der Waals surface area contributed by atoms with Crippen LogP contribution in [-0.2, 0) is 0 Å². The fourth-order valence-corrected chi connectivity index (χ4v) is 1.17. The molecular formula is C9H15Na. The standard InChI is InChI=1S/C9H14.Na.H/c1-8(2)7-9-5-3-4-6-9;;/h3-5,8H,6-7H2,1-2H3;;/q;+1;-1. The minimum atomic E-state index is 0. The molecule has 1 heteroatoms. The first-order valence-corrected chi connectivity index (χ1v) is 3.63. The van der Waals surface area contributed by atoms with Crippen LogP contribution in [-0.4, -0.2) is 0 Å². The Kier molecular flexibility index (Phi) is 5.42. The van der Waals surface area contributed by atoms with Gasteiger partial charge in [-0.05, 0) is 18.8 Å². The van der Waals surface area contributed by atoms with Crippen LogP contribution in [0, 0.1) is 5.92 Å². The van der Waals surface area contributed by atoms with Crippen molar-refractivity contribution in [1.29, 1.82) is 0 Å². The smallest absolute Gasteiger partial charge is 1.00 e. The minimum Gasteiger partial charge on any atom is -1.00 e. The van der Waals surface area contributed by atoms with Crippen LogP contribution in [0.15, 0.2) is 23.8 Å². The van der Waals surface area contributed by atoms with Crippen molar-refractivity contribution in [2.45, 2.75) is 26.7 Å². The molecule has 10 heavy (non-hydrogen) atoms. The topological polar surface area (TPSA) is 0 Å². The van der Waals surface area contributed by atoms with E-state index in [1.807, 2.05) is 0 Å². The molecule has 0 spiro atoms. The minimum absolute atomic E-state index is 0. The molecule has 0 aromatic carbocycles. The third kappa shape index (κ3) is 3.60. The van der Waals surface area contributed by atoms with Crippen molar-refractivity contribution >= 4 is 0 Å². The Bertz CT molecular complexity index is 148. The van der Waals surface area contributed by atoms with Crippen molar-refractivity contribution in [3.8, 4) is 0 Å². The molecule has 0 radical (unpaired) electrons. The summed E-state index contributed by atoms with van der Waals surface area (Å²) in [6.07, 6.45) is 9.07. The Labute approximate surface area is 87.2 Å². The predicted molar refractivity (Wildman–Crippen MR) is 42.4 cm³/mol. The molecule has 0 aromatic heterocycles. The number of hydrogen-bond acceptors (Lipinski definition) is 0. The van der Waals surface area contributed by atoms with Crippen molar-refractivity contribution in [2.24, 2.45) is 5.92 Å². The number of allylic oxidation sites excluding steroid dienone is 4. The number of rotatable bonds is 2. The van der Waals surface area contributed by atoms with E-state index in [1.165, 1.54) is 12.8 Å². The average molecular weight is 146 g/mol. The van der Waals surface area contributed by atoms with Crippen molar-refractivity contribution in [1.82, 2.24) is 0 Å². The summed E-state index contributed by atoms with van der Waals surface area (Å²) in [4.78, 5) is 0. The molecule has 1 aliphatic carbocycles. The summed E-state index contributed by atoms with van der Waals surface area (Å²) in [5.41, 5.74) is 1.59. The summed E-state index contributed by atoms with van der Waals surface area (Å²) in [7, 11) is 0. The second-order valence-corrected chi connectivity index (χ2v) is 3.06. The van der Waals surface area contributed by atoms with Gasteiger partial charge in [-0.1, -0.05) is 37.6 Å². The zero-order valence-electron chi connectivity index (χ0n) is 8.22. The van der Waals surface area contributed by atoms with Crippen molar-refractivity contribution in [2.75, 3.05) is 0 Å². The van der Waals surface area contributed by atoms with Gasteiger partial charge in [0.05, 0.1) is 0 Å². The van der Waals surface area contributed by atoms with Crippen LogP contribution in [0.3, 0.4) is 0 Å². The molecule has 0 saturated heterocycles. The van der Waals surface area contributed by atoms with E-state index in [2.05, 4.69) is 32.1 Å². The molecule has 52 valence electrons. The molecule has 1 rings (SSSR count). The molecule has 0 heterocycles.